The number of hydrogen-bond acceptors (Lipinski definition) is 4. The number of carboxylic acid groups (broad SMARTS) is 1. The van der Waals surface area contributed by atoms with Gasteiger partial charge in [-0.05, 0) is 49.3 Å². The molecule has 1 aromatic heterocycles. The molecule has 170 valence electrons. The molecule has 8 nitrogen and oxygen atoms in total. The molecule has 2 heterocycles. The lowest BCUT2D eigenvalue weighted by molar-refractivity contribution is 0.0949. The maximum absolute atomic E-state index is 12.7. The number of nitrogens with one attached hydrogen (secondary N) is 2. The Kier molecular flexibility index (Phi) is 8.19. The van der Waals surface area contributed by atoms with Crippen molar-refractivity contribution in [1.29, 1.82) is 0 Å². The largest absolute Gasteiger partial charge is 0.465 e. The Morgan fingerprint density at radius 2 is 1.81 bits per heavy atom. The van der Waals surface area contributed by atoms with Crippen LogP contribution >= 0.6 is 0 Å². The number of carbonyl (C=O) groups is 3. The number of nitrogens with zero attached hydrogens (tertiary/aromatic N) is 2. The molecule has 3 N–H and O–H groups in total. The second kappa shape index (κ2) is 11.3. The molecule has 0 atom stereocenters. The third-order valence-corrected chi connectivity index (χ3v) is 5.79. The lowest BCUT2D eigenvalue weighted by Gasteiger charge is -2.29. The van der Waals surface area contributed by atoms with E-state index in [9.17, 15) is 14.4 Å². The summed E-state index contributed by atoms with van der Waals surface area (Å²) in [6.07, 6.45) is 3.18. The van der Waals surface area contributed by atoms with E-state index in [0.29, 0.717) is 43.2 Å². The van der Waals surface area contributed by atoms with E-state index in [1.54, 1.807) is 6.07 Å². The van der Waals surface area contributed by atoms with Crippen molar-refractivity contribution in [3.63, 3.8) is 0 Å². The van der Waals surface area contributed by atoms with Gasteiger partial charge in [0.2, 0.25) is 0 Å². The van der Waals surface area contributed by atoms with Crippen molar-refractivity contribution >= 4 is 17.9 Å². The molecule has 0 unspecified atom stereocenters. The van der Waals surface area contributed by atoms with Crippen LogP contribution in [-0.4, -0.2) is 59.6 Å². The summed E-state index contributed by atoms with van der Waals surface area (Å²) in [5, 5.41) is 14.5. The fraction of sp³-hybridized carbons (Fsp3) is 0.417. The first-order valence-corrected chi connectivity index (χ1v) is 11.0. The third-order valence-electron chi connectivity index (χ3n) is 5.79. The molecule has 2 aromatic rings. The zero-order valence-corrected chi connectivity index (χ0v) is 18.3. The standard InChI is InChI=1S/C24H30N4O4/c1-25-23(30)21-16-19(15-20(27-21)14-18-6-3-2-4-7-18)22(29)26-11-5-8-17-9-12-28(13-10-17)24(31)32/h2-4,6-7,15-17H,5,8-14H2,1H3,(H,25,30)(H,26,29)(H,31,32). The van der Waals surface area contributed by atoms with E-state index in [0.717, 1.165) is 31.2 Å². The van der Waals surface area contributed by atoms with E-state index in [4.69, 9.17) is 5.11 Å². The average Bonchev–Trinajstić information content (AvgIpc) is 2.82. The minimum absolute atomic E-state index is 0.219. The topological polar surface area (TPSA) is 112 Å². The Balaban J connectivity index is 1.56. The van der Waals surface area contributed by atoms with Crippen molar-refractivity contribution in [2.75, 3.05) is 26.7 Å². The zero-order chi connectivity index (χ0) is 22.9. The van der Waals surface area contributed by atoms with Crippen LogP contribution in [0.1, 0.15) is 57.8 Å². The smallest absolute Gasteiger partial charge is 0.407 e. The van der Waals surface area contributed by atoms with Crippen LogP contribution in [0, 0.1) is 5.92 Å². The van der Waals surface area contributed by atoms with E-state index in [1.165, 1.54) is 18.0 Å². The van der Waals surface area contributed by atoms with Gasteiger partial charge in [0.25, 0.3) is 11.8 Å². The predicted octanol–water partition coefficient (Wildman–Crippen LogP) is 2.93. The summed E-state index contributed by atoms with van der Waals surface area (Å²) in [5.41, 5.74) is 2.34. The molecular weight excluding hydrogens is 408 g/mol. The molecule has 0 saturated carbocycles. The van der Waals surface area contributed by atoms with Gasteiger partial charge >= 0.3 is 6.09 Å². The Bertz CT molecular complexity index is 940. The molecule has 32 heavy (non-hydrogen) atoms. The zero-order valence-electron chi connectivity index (χ0n) is 18.3. The minimum Gasteiger partial charge on any atom is -0.465 e. The summed E-state index contributed by atoms with van der Waals surface area (Å²) >= 11 is 0. The number of hydrogen-bond donors (Lipinski definition) is 3. The van der Waals surface area contributed by atoms with Gasteiger partial charge in [0.15, 0.2) is 0 Å². The predicted molar refractivity (Wildman–Crippen MR) is 121 cm³/mol. The molecule has 1 aromatic carbocycles. The SMILES string of the molecule is CNC(=O)c1cc(C(=O)NCCCC2CCN(C(=O)O)CC2)cc(Cc2ccccc2)n1. The number of likely N-dealkylation sites (tertiary alicyclic amines) is 1. The first-order chi connectivity index (χ1) is 15.5. The van der Waals surface area contributed by atoms with Crippen molar-refractivity contribution in [3.05, 3.63) is 65.0 Å². The van der Waals surface area contributed by atoms with Gasteiger partial charge in [-0.2, -0.15) is 0 Å². The van der Waals surface area contributed by atoms with Gasteiger partial charge in [-0.1, -0.05) is 30.3 Å². The van der Waals surface area contributed by atoms with Crippen molar-refractivity contribution in [3.8, 4) is 0 Å². The van der Waals surface area contributed by atoms with Gasteiger partial charge in [-0.3, -0.25) is 9.59 Å². The molecular formula is C24H30N4O4. The molecule has 0 bridgehead atoms. The lowest BCUT2D eigenvalue weighted by atomic mass is 9.92. The van der Waals surface area contributed by atoms with Gasteiger partial charge in [-0.15, -0.1) is 0 Å². The molecule has 1 fully saturated rings. The van der Waals surface area contributed by atoms with Gasteiger partial charge in [-0.25, -0.2) is 9.78 Å². The normalized spacial score (nSPS) is 14.1. The van der Waals surface area contributed by atoms with Crippen LogP contribution in [0.2, 0.25) is 0 Å². The molecule has 8 heteroatoms. The number of benzene rings is 1. The molecule has 1 saturated heterocycles. The van der Waals surface area contributed by atoms with Crippen LogP contribution < -0.4 is 10.6 Å². The van der Waals surface area contributed by atoms with Crippen molar-refractivity contribution < 1.29 is 19.5 Å². The van der Waals surface area contributed by atoms with E-state index < -0.39 is 6.09 Å². The Hall–Kier alpha value is -3.42. The van der Waals surface area contributed by atoms with Crippen LogP contribution in [0.5, 0.6) is 0 Å². The number of aromatic nitrogens is 1. The highest BCUT2D eigenvalue weighted by Crippen LogP contribution is 2.21. The van der Waals surface area contributed by atoms with E-state index in [1.807, 2.05) is 30.3 Å². The average molecular weight is 439 g/mol. The van der Waals surface area contributed by atoms with Crippen LogP contribution in [0.4, 0.5) is 4.79 Å². The molecule has 1 aliphatic rings. The number of rotatable bonds is 8. The highest BCUT2D eigenvalue weighted by Gasteiger charge is 2.22. The summed E-state index contributed by atoms with van der Waals surface area (Å²) in [4.78, 5) is 41.8. The van der Waals surface area contributed by atoms with Gasteiger partial charge in [0, 0.05) is 44.4 Å². The maximum atomic E-state index is 12.7. The van der Waals surface area contributed by atoms with Crippen molar-refractivity contribution in [2.24, 2.45) is 5.92 Å². The fourth-order valence-electron chi connectivity index (χ4n) is 3.97. The summed E-state index contributed by atoms with van der Waals surface area (Å²) in [6, 6.07) is 13.0. The second-order valence-corrected chi connectivity index (χ2v) is 8.09. The number of pyridine rings is 1. The summed E-state index contributed by atoms with van der Waals surface area (Å²) in [5.74, 6) is -0.0741. The molecule has 1 aliphatic heterocycles. The number of amides is 3. The third kappa shape index (κ3) is 6.54. The van der Waals surface area contributed by atoms with E-state index in [2.05, 4.69) is 15.6 Å². The molecule has 3 rings (SSSR count). The Morgan fingerprint density at radius 1 is 1.09 bits per heavy atom. The fourth-order valence-corrected chi connectivity index (χ4v) is 3.97. The summed E-state index contributed by atoms with van der Waals surface area (Å²) in [7, 11) is 1.54. The van der Waals surface area contributed by atoms with Gasteiger partial charge in [0.05, 0.1) is 0 Å². The molecule has 0 aliphatic carbocycles. The monoisotopic (exact) mass is 438 g/mol. The first-order valence-electron chi connectivity index (χ1n) is 11.0. The molecule has 0 spiro atoms. The Labute approximate surface area is 188 Å². The van der Waals surface area contributed by atoms with E-state index in [-0.39, 0.29) is 17.5 Å². The van der Waals surface area contributed by atoms with Crippen LogP contribution in [0.15, 0.2) is 42.5 Å². The highest BCUT2D eigenvalue weighted by atomic mass is 16.4. The Morgan fingerprint density at radius 3 is 2.47 bits per heavy atom. The summed E-state index contributed by atoms with van der Waals surface area (Å²) < 4.78 is 0. The molecule has 0 radical (unpaired) electrons. The first kappa shape index (κ1) is 23.2. The van der Waals surface area contributed by atoms with Crippen LogP contribution in [0.25, 0.3) is 0 Å². The second-order valence-electron chi connectivity index (χ2n) is 8.09. The highest BCUT2D eigenvalue weighted by molar-refractivity contribution is 5.98. The molecule has 3 amide bonds. The van der Waals surface area contributed by atoms with E-state index >= 15 is 0 Å². The number of carbonyl (C=O) groups excluding carboxylic acids is 2. The lowest BCUT2D eigenvalue weighted by Crippen LogP contribution is -2.37. The van der Waals surface area contributed by atoms with Crippen LogP contribution in [-0.2, 0) is 6.42 Å². The van der Waals surface area contributed by atoms with Crippen molar-refractivity contribution in [1.82, 2.24) is 20.5 Å². The number of piperidine rings is 1. The minimum atomic E-state index is -0.851. The van der Waals surface area contributed by atoms with Crippen LogP contribution in [0.3, 0.4) is 0 Å². The van der Waals surface area contributed by atoms with Gasteiger partial charge < -0.3 is 20.6 Å². The quantitative estimate of drug-likeness (QED) is 0.549. The summed E-state index contributed by atoms with van der Waals surface area (Å²) in [6.45, 7) is 1.69. The maximum Gasteiger partial charge on any atom is 0.407 e. The van der Waals surface area contributed by atoms with Crippen molar-refractivity contribution in [2.45, 2.75) is 32.1 Å². The van der Waals surface area contributed by atoms with Gasteiger partial charge in [0.1, 0.15) is 5.69 Å².